The first-order valence-corrected chi connectivity index (χ1v) is 8.86. The maximum Gasteiger partial charge on any atom is 0.244 e. The van der Waals surface area contributed by atoms with Gasteiger partial charge in [-0.3, -0.25) is 0 Å². The van der Waals surface area contributed by atoms with E-state index in [2.05, 4.69) is 10.0 Å². The first kappa shape index (κ1) is 16.7. The van der Waals surface area contributed by atoms with Crippen LogP contribution in [-0.2, 0) is 16.6 Å². The van der Waals surface area contributed by atoms with Gasteiger partial charge in [0.15, 0.2) is 0 Å². The topological polar surface area (TPSA) is 58.2 Å². The van der Waals surface area contributed by atoms with Crippen LogP contribution in [0.4, 0.5) is 4.39 Å². The van der Waals surface area contributed by atoms with Gasteiger partial charge in [-0.15, -0.1) is 0 Å². The van der Waals surface area contributed by atoms with Crippen molar-refractivity contribution in [3.05, 3.63) is 28.5 Å². The van der Waals surface area contributed by atoms with Gasteiger partial charge in [0, 0.05) is 22.7 Å². The minimum absolute atomic E-state index is 0.214. The average molecular weight is 335 g/mol. The molecule has 0 spiro atoms. The minimum atomic E-state index is -3.90. The zero-order chi connectivity index (χ0) is 15.7. The highest BCUT2D eigenvalue weighted by Crippen LogP contribution is 2.36. The van der Waals surface area contributed by atoms with Gasteiger partial charge in [-0.25, -0.2) is 17.5 Å². The molecular weight excluding hydrogens is 315 g/mol. The first-order valence-electron chi connectivity index (χ1n) is 7.00. The van der Waals surface area contributed by atoms with Crippen molar-refractivity contribution >= 4 is 21.6 Å². The second-order valence-electron chi connectivity index (χ2n) is 5.72. The van der Waals surface area contributed by atoms with Gasteiger partial charge in [-0.05, 0) is 44.9 Å². The van der Waals surface area contributed by atoms with E-state index >= 15 is 0 Å². The number of nitrogens with one attached hydrogen (secondary N) is 2. The van der Waals surface area contributed by atoms with Crippen LogP contribution in [0.1, 0.15) is 38.7 Å². The Kier molecular flexibility index (Phi) is 4.92. The summed E-state index contributed by atoms with van der Waals surface area (Å²) in [5, 5.41) is 3.26. The van der Waals surface area contributed by atoms with Crippen LogP contribution in [0.25, 0.3) is 0 Å². The summed E-state index contributed by atoms with van der Waals surface area (Å²) >= 11 is 5.94. The van der Waals surface area contributed by atoms with Gasteiger partial charge in [-0.2, -0.15) is 0 Å². The zero-order valence-electron chi connectivity index (χ0n) is 12.2. The van der Waals surface area contributed by atoms with Crippen molar-refractivity contribution in [2.75, 3.05) is 6.54 Å². The largest absolute Gasteiger partial charge is 0.313 e. The van der Waals surface area contributed by atoms with Crippen molar-refractivity contribution in [1.29, 1.82) is 0 Å². The third-order valence-corrected chi connectivity index (χ3v) is 5.35. The van der Waals surface area contributed by atoms with E-state index in [-0.39, 0.29) is 22.0 Å². The van der Waals surface area contributed by atoms with Gasteiger partial charge in [0.05, 0.1) is 0 Å². The Hall–Kier alpha value is -0.690. The molecule has 0 amide bonds. The Labute approximate surface area is 130 Å². The Morgan fingerprint density at radius 2 is 2.05 bits per heavy atom. The fourth-order valence-electron chi connectivity index (χ4n) is 2.01. The molecule has 0 saturated heterocycles. The molecule has 4 nitrogen and oxygen atoms in total. The van der Waals surface area contributed by atoms with E-state index in [0.29, 0.717) is 0 Å². The van der Waals surface area contributed by atoms with Crippen molar-refractivity contribution in [3.8, 4) is 0 Å². The van der Waals surface area contributed by atoms with Crippen LogP contribution in [0.15, 0.2) is 17.0 Å². The minimum Gasteiger partial charge on any atom is -0.313 e. The molecule has 1 saturated carbocycles. The van der Waals surface area contributed by atoms with Crippen molar-refractivity contribution in [2.24, 2.45) is 0 Å². The van der Waals surface area contributed by atoms with Crippen LogP contribution in [0, 0.1) is 5.82 Å². The SMILES string of the molecule is CCCNCc1cc(Cl)cc(S(=O)(=O)NC2(C)CC2)c1F. The standard InChI is InChI=1S/C14H20ClFN2O2S/c1-3-6-17-9-10-7-11(15)8-12(13(10)16)21(19,20)18-14(2)4-5-14/h7-8,17-18H,3-6,9H2,1-2H3. The molecule has 1 aromatic rings. The Bertz CT molecular complexity index is 630. The molecule has 0 atom stereocenters. The number of halogens is 2. The lowest BCUT2D eigenvalue weighted by Crippen LogP contribution is -2.35. The van der Waals surface area contributed by atoms with Crippen molar-refractivity contribution in [1.82, 2.24) is 10.0 Å². The van der Waals surface area contributed by atoms with Crippen LogP contribution in [0.5, 0.6) is 0 Å². The molecule has 21 heavy (non-hydrogen) atoms. The zero-order valence-corrected chi connectivity index (χ0v) is 13.7. The van der Waals surface area contributed by atoms with E-state index in [9.17, 15) is 12.8 Å². The second-order valence-corrected chi connectivity index (χ2v) is 7.81. The summed E-state index contributed by atoms with van der Waals surface area (Å²) in [4.78, 5) is -0.378. The molecule has 0 unspecified atom stereocenters. The lowest BCUT2D eigenvalue weighted by Gasteiger charge is -2.15. The van der Waals surface area contributed by atoms with Gasteiger partial charge in [-0.1, -0.05) is 18.5 Å². The summed E-state index contributed by atoms with van der Waals surface area (Å²) in [5.74, 6) is -0.736. The summed E-state index contributed by atoms with van der Waals surface area (Å²) in [7, 11) is -3.90. The van der Waals surface area contributed by atoms with E-state index in [1.54, 1.807) is 6.92 Å². The highest BCUT2D eigenvalue weighted by molar-refractivity contribution is 7.89. The average Bonchev–Trinajstić information content (AvgIpc) is 3.09. The monoisotopic (exact) mass is 334 g/mol. The number of hydrogen-bond donors (Lipinski definition) is 2. The lowest BCUT2D eigenvalue weighted by molar-refractivity contribution is 0.530. The van der Waals surface area contributed by atoms with E-state index < -0.39 is 21.4 Å². The fourth-order valence-corrected chi connectivity index (χ4v) is 3.93. The van der Waals surface area contributed by atoms with E-state index in [1.807, 2.05) is 6.92 Å². The molecule has 2 rings (SSSR count). The molecule has 0 aliphatic heterocycles. The molecule has 0 bridgehead atoms. The number of sulfonamides is 1. The maximum atomic E-state index is 14.5. The number of benzene rings is 1. The third-order valence-electron chi connectivity index (χ3n) is 3.49. The predicted molar refractivity (Wildman–Crippen MR) is 81.4 cm³/mol. The highest BCUT2D eigenvalue weighted by atomic mass is 35.5. The molecule has 1 aliphatic carbocycles. The number of rotatable bonds is 7. The van der Waals surface area contributed by atoms with Crippen LogP contribution in [0.3, 0.4) is 0 Å². The van der Waals surface area contributed by atoms with Gasteiger partial charge in [0.1, 0.15) is 10.7 Å². The molecule has 2 N–H and O–H groups in total. The van der Waals surface area contributed by atoms with E-state index in [1.165, 1.54) is 6.07 Å². The Balaban J connectivity index is 2.30. The molecule has 7 heteroatoms. The van der Waals surface area contributed by atoms with Crippen LogP contribution in [-0.4, -0.2) is 20.5 Å². The molecule has 1 aliphatic rings. The second kappa shape index (κ2) is 6.20. The van der Waals surface area contributed by atoms with Crippen LogP contribution in [0.2, 0.25) is 5.02 Å². The van der Waals surface area contributed by atoms with E-state index in [0.717, 1.165) is 31.9 Å². The molecule has 0 aromatic heterocycles. The Morgan fingerprint density at radius 1 is 1.38 bits per heavy atom. The lowest BCUT2D eigenvalue weighted by atomic mass is 10.2. The Morgan fingerprint density at radius 3 is 2.62 bits per heavy atom. The van der Waals surface area contributed by atoms with Crippen LogP contribution >= 0.6 is 11.6 Å². The molecule has 1 aromatic carbocycles. The van der Waals surface area contributed by atoms with Crippen molar-refractivity contribution in [3.63, 3.8) is 0 Å². The first-order chi connectivity index (χ1) is 9.77. The molecule has 1 fully saturated rings. The molecule has 0 radical (unpaired) electrons. The normalized spacial score (nSPS) is 17.0. The van der Waals surface area contributed by atoms with Crippen molar-refractivity contribution in [2.45, 2.75) is 50.1 Å². The fraction of sp³-hybridized carbons (Fsp3) is 0.571. The summed E-state index contributed by atoms with van der Waals surface area (Å²) in [6.07, 6.45) is 2.44. The predicted octanol–water partition coefficient (Wildman–Crippen LogP) is 2.81. The van der Waals surface area contributed by atoms with E-state index in [4.69, 9.17) is 11.6 Å². The maximum absolute atomic E-state index is 14.5. The quantitative estimate of drug-likeness (QED) is 0.754. The van der Waals surface area contributed by atoms with Gasteiger partial charge >= 0.3 is 0 Å². The van der Waals surface area contributed by atoms with Gasteiger partial charge in [0.2, 0.25) is 10.0 Å². The summed E-state index contributed by atoms with van der Waals surface area (Å²) in [6, 6.07) is 2.62. The molecule has 0 heterocycles. The van der Waals surface area contributed by atoms with Crippen LogP contribution < -0.4 is 10.0 Å². The highest BCUT2D eigenvalue weighted by Gasteiger charge is 2.42. The number of hydrogen-bond acceptors (Lipinski definition) is 3. The van der Waals surface area contributed by atoms with Gasteiger partial charge in [0.25, 0.3) is 0 Å². The summed E-state index contributed by atoms with van der Waals surface area (Å²) in [5.41, 5.74) is -0.189. The van der Waals surface area contributed by atoms with Crippen molar-refractivity contribution < 1.29 is 12.8 Å². The van der Waals surface area contributed by atoms with Gasteiger partial charge < -0.3 is 5.32 Å². The summed E-state index contributed by atoms with van der Waals surface area (Å²) in [6.45, 7) is 4.78. The molecule has 118 valence electrons. The summed E-state index contributed by atoms with van der Waals surface area (Å²) < 4.78 is 41.6. The molecular formula is C14H20ClFN2O2S. The third kappa shape index (κ3) is 4.16. The smallest absolute Gasteiger partial charge is 0.244 e.